The van der Waals surface area contributed by atoms with Crippen molar-refractivity contribution in [2.45, 2.75) is 32.4 Å². The molecule has 1 amide bonds. The van der Waals surface area contributed by atoms with Gasteiger partial charge in [0.15, 0.2) is 0 Å². The van der Waals surface area contributed by atoms with Crippen LogP contribution in [0.25, 0.3) is 6.08 Å². The van der Waals surface area contributed by atoms with E-state index in [0.29, 0.717) is 18.1 Å². The monoisotopic (exact) mass is 362 g/mol. The quantitative estimate of drug-likeness (QED) is 0.684. The average molecular weight is 363 g/mol. The molecule has 0 aliphatic carbocycles. The summed E-state index contributed by atoms with van der Waals surface area (Å²) in [7, 11) is 0. The first-order chi connectivity index (χ1) is 12.0. The van der Waals surface area contributed by atoms with Crippen molar-refractivity contribution >= 4 is 23.8 Å². The van der Waals surface area contributed by atoms with Crippen LogP contribution in [0, 0.1) is 0 Å². The summed E-state index contributed by atoms with van der Waals surface area (Å²) in [4.78, 5) is 16.2. The van der Waals surface area contributed by atoms with Crippen LogP contribution in [0.3, 0.4) is 0 Å². The number of benzene rings is 1. The zero-order valence-electron chi connectivity index (χ0n) is 15.1. The minimum atomic E-state index is -0.229. The molecule has 0 N–H and O–H groups in total. The lowest BCUT2D eigenvalue weighted by molar-refractivity contribution is 0.0480. The van der Waals surface area contributed by atoms with Crippen molar-refractivity contribution in [1.82, 2.24) is 9.80 Å². The van der Waals surface area contributed by atoms with Crippen LogP contribution >= 0.6 is 11.6 Å². The normalized spacial score (nSPS) is 16.6. The maximum absolute atomic E-state index is 12.1. The molecule has 1 atom stereocenters. The standard InChI is InChI=1S/C20H27ClN2O2/c1-5-7-19(18-9-8-17(21)14-16(18)6-2)22-10-12-23(13-11-22)20(24)25-15(3)4/h5-6,8-9,14-15,19H,1-2,7,10-13H2,3-4H3. The predicted octanol–water partition coefficient (Wildman–Crippen LogP) is 4.76. The Morgan fingerprint density at radius 1 is 1.28 bits per heavy atom. The summed E-state index contributed by atoms with van der Waals surface area (Å²) < 4.78 is 5.29. The van der Waals surface area contributed by atoms with Crippen LogP contribution in [-0.4, -0.2) is 48.2 Å². The Labute approximate surface area is 155 Å². The van der Waals surface area contributed by atoms with Crippen molar-refractivity contribution in [3.63, 3.8) is 0 Å². The summed E-state index contributed by atoms with van der Waals surface area (Å²) >= 11 is 6.12. The number of amides is 1. The molecule has 136 valence electrons. The van der Waals surface area contributed by atoms with E-state index in [0.717, 1.165) is 25.1 Å². The highest BCUT2D eigenvalue weighted by Gasteiger charge is 2.28. The summed E-state index contributed by atoms with van der Waals surface area (Å²) in [6, 6.07) is 6.12. The first kappa shape index (κ1) is 19.5. The van der Waals surface area contributed by atoms with Gasteiger partial charge >= 0.3 is 6.09 Å². The van der Waals surface area contributed by atoms with Crippen LogP contribution in [0.2, 0.25) is 5.02 Å². The smallest absolute Gasteiger partial charge is 0.410 e. The largest absolute Gasteiger partial charge is 0.447 e. The van der Waals surface area contributed by atoms with Crippen LogP contribution in [0.1, 0.15) is 37.4 Å². The first-order valence-electron chi connectivity index (χ1n) is 8.68. The lowest BCUT2D eigenvalue weighted by Crippen LogP contribution is -2.50. The fraction of sp³-hybridized carbons (Fsp3) is 0.450. The van der Waals surface area contributed by atoms with Crippen LogP contribution in [-0.2, 0) is 4.74 Å². The van der Waals surface area contributed by atoms with Crippen LogP contribution in [0.15, 0.2) is 37.4 Å². The van der Waals surface area contributed by atoms with Gasteiger partial charge in [-0.2, -0.15) is 0 Å². The SMILES string of the molecule is C=CCC(c1ccc(Cl)cc1C=C)N1CCN(C(=O)OC(C)C)CC1. The molecular formula is C20H27ClN2O2. The average Bonchev–Trinajstić information content (AvgIpc) is 2.59. The molecule has 1 aliphatic rings. The van der Waals surface area contributed by atoms with Gasteiger partial charge in [-0.1, -0.05) is 36.4 Å². The van der Waals surface area contributed by atoms with Gasteiger partial charge in [0, 0.05) is 37.2 Å². The highest BCUT2D eigenvalue weighted by molar-refractivity contribution is 6.30. The Hall–Kier alpha value is -1.78. The third-order valence-corrected chi connectivity index (χ3v) is 4.60. The minimum absolute atomic E-state index is 0.0942. The molecule has 1 heterocycles. The summed E-state index contributed by atoms with van der Waals surface area (Å²) in [5.74, 6) is 0. The number of carbonyl (C=O) groups is 1. The number of ether oxygens (including phenoxy) is 1. The highest BCUT2D eigenvalue weighted by Crippen LogP contribution is 2.31. The molecule has 1 fully saturated rings. The lowest BCUT2D eigenvalue weighted by atomic mass is 9.96. The van der Waals surface area contributed by atoms with Crippen molar-refractivity contribution in [1.29, 1.82) is 0 Å². The molecule has 0 bridgehead atoms. The molecule has 2 rings (SSSR count). The number of carbonyl (C=O) groups excluding carboxylic acids is 1. The Morgan fingerprint density at radius 2 is 1.96 bits per heavy atom. The van der Waals surface area contributed by atoms with Gasteiger partial charge in [0.2, 0.25) is 0 Å². The summed E-state index contributed by atoms with van der Waals surface area (Å²) in [6.07, 6.45) is 4.29. The van der Waals surface area contributed by atoms with Crippen molar-refractivity contribution < 1.29 is 9.53 Å². The molecule has 4 nitrogen and oxygen atoms in total. The second-order valence-electron chi connectivity index (χ2n) is 6.47. The van der Waals surface area contributed by atoms with Gasteiger partial charge in [-0.3, -0.25) is 4.90 Å². The molecule has 0 saturated carbocycles. The van der Waals surface area contributed by atoms with Gasteiger partial charge < -0.3 is 9.64 Å². The maximum atomic E-state index is 12.1. The number of rotatable bonds is 6. The van der Waals surface area contributed by atoms with Crippen molar-refractivity contribution in [3.05, 3.63) is 53.6 Å². The van der Waals surface area contributed by atoms with Crippen molar-refractivity contribution in [2.24, 2.45) is 0 Å². The Morgan fingerprint density at radius 3 is 2.52 bits per heavy atom. The molecule has 1 aromatic rings. The fourth-order valence-corrected chi connectivity index (χ4v) is 3.33. The van der Waals surface area contributed by atoms with Crippen molar-refractivity contribution in [2.75, 3.05) is 26.2 Å². The molecular weight excluding hydrogens is 336 g/mol. The van der Waals surface area contributed by atoms with E-state index in [1.165, 1.54) is 5.56 Å². The van der Waals surface area contributed by atoms with E-state index in [-0.39, 0.29) is 18.2 Å². The van der Waals surface area contributed by atoms with Gasteiger partial charge in [-0.15, -0.1) is 6.58 Å². The molecule has 1 aromatic carbocycles. The second kappa shape index (κ2) is 9.07. The second-order valence-corrected chi connectivity index (χ2v) is 6.91. The minimum Gasteiger partial charge on any atom is -0.447 e. The number of hydrogen-bond acceptors (Lipinski definition) is 3. The molecule has 0 spiro atoms. The number of nitrogens with zero attached hydrogens (tertiary/aromatic N) is 2. The van der Waals surface area contributed by atoms with E-state index in [2.05, 4.69) is 24.1 Å². The van der Waals surface area contributed by atoms with Gasteiger partial charge in [0.05, 0.1) is 6.10 Å². The highest BCUT2D eigenvalue weighted by atomic mass is 35.5. The Bertz CT molecular complexity index is 622. The van der Waals surface area contributed by atoms with Gasteiger partial charge in [0.25, 0.3) is 0 Å². The molecule has 0 aromatic heterocycles. The molecule has 1 aliphatic heterocycles. The van der Waals surface area contributed by atoms with Gasteiger partial charge in [-0.25, -0.2) is 4.79 Å². The van der Waals surface area contributed by atoms with E-state index in [1.54, 1.807) is 4.90 Å². The van der Waals surface area contributed by atoms with E-state index in [9.17, 15) is 4.79 Å². The summed E-state index contributed by atoms with van der Waals surface area (Å²) in [5.41, 5.74) is 2.23. The molecule has 0 radical (unpaired) electrons. The topological polar surface area (TPSA) is 32.8 Å². The molecule has 1 unspecified atom stereocenters. The number of piperazine rings is 1. The van der Waals surface area contributed by atoms with E-state index in [1.807, 2.05) is 38.1 Å². The number of hydrogen-bond donors (Lipinski definition) is 0. The first-order valence-corrected chi connectivity index (χ1v) is 9.06. The van der Waals surface area contributed by atoms with Gasteiger partial charge in [0.1, 0.15) is 0 Å². The van der Waals surface area contributed by atoms with Crippen LogP contribution in [0.4, 0.5) is 4.79 Å². The van der Waals surface area contributed by atoms with Crippen LogP contribution in [0.5, 0.6) is 0 Å². The fourth-order valence-electron chi connectivity index (χ4n) is 3.15. The third-order valence-electron chi connectivity index (χ3n) is 4.37. The zero-order valence-corrected chi connectivity index (χ0v) is 15.8. The lowest BCUT2D eigenvalue weighted by Gasteiger charge is -2.39. The van der Waals surface area contributed by atoms with Crippen LogP contribution < -0.4 is 0 Å². The van der Waals surface area contributed by atoms with Crippen molar-refractivity contribution in [3.8, 4) is 0 Å². The van der Waals surface area contributed by atoms with E-state index >= 15 is 0 Å². The number of halogens is 1. The van der Waals surface area contributed by atoms with Gasteiger partial charge in [-0.05, 0) is 43.5 Å². The molecule has 25 heavy (non-hydrogen) atoms. The Balaban J connectivity index is 2.11. The third kappa shape index (κ3) is 5.10. The zero-order chi connectivity index (χ0) is 18.4. The molecule has 1 saturated heterocycles. The summed E-state index contributed by atoms with van der Waals surface area (Å²) in [6.45, 7) is 14.5. The van der Waals surface area contributed by atoms with E-state index < -0.39 is 0 Å². The summed E-state index contributed by atoms with van der Waals surface area (Å²) in [5, 5.41) is 0.706. The maximum Gasteiger partial charge on any atom is 0.410 e. The predicted molar refractivity (Wildman–Crippen MR) is 104 cm³/mol. The molecule has 5 heteroatoms. The van der Waals surface area contributed by atoms with E-state index in [4.69, 9.17) is 16.3 Å². The Kier molecular flexibility index (Phi) is 7.09.